The fourth-order valence-corrected chi connectivity index (χ4v) is 2.96. The molecule has 0 spiro atoms. The molecule has 0 aliphatic heterocycles. The zero-order chi connectivity index (χ0) is 15.1. The highest BCUT2D eigenvalue weighted by Gasteiger charge is 2.17. The number of aromatic amines is 1. The third-order valence-corrected chi connectivity index (χ3v) is 4.06. The number of halogens is 1. The molecule has 3 heterocycles. The van der Waals surface area contributed by atoms with E-state index in [0.29, 0.717) is 10.8 Å². The van der Waals surface area contributed by atoms with Crippen molar-refractivity contribution < 1.29 is 0 Å². The molecule has 22 heavy (non-hydrogen) atoms. The van der Waals surface area contributed by atoms with Crippen LogP contribution in [-0.4, -0.2) is 27.0 Å². The predicted molar refractivity (Wildman–Crippen MR) is 89.0 cm³/mol. The number of pyridine rings is 1. The average Bonchev–Trinajstić information content (AvgIpc) is 2.96. The molecule has 0 fully saturated rings. The van der Waals surface area contributed by atoms with Gasteiger partial charge in [0.05, 0.1) is 10.7 Å². The lowest BCUT2D eigenvalue weighted by molar-refractivity contribution is 0.945. The van der Waals surface area contributed by atoms with Crippen molar-refractivity contribution in [1.82, 2.24) is 19.9 Å². The Bertz CT molecular complexity index is 897. The molecule has 1 aliphatic rings. The van der Waals surface area contributed by atoms with E-state index in [-0.39, 0.29) is 0 Å². The van der Waals surface area contributed by atoms with Gasteiger partial charge < -0.3 is 10.3 Å². The van der Waals surface area contributed by atoms with E-state index in [9.17, 15) is 0 Å². The fourth-order valence-electron chi connectivity index (χ4n) is 2.80. The van der Waals surface area contributed by atoms with Gasteiger partial charge in [-0.25, -0.2) is 15.0 Å². The first-order chi connectivity index (χ1) is 10.8. The van der Waals surface area contributed by atoms with Crippen molar-refractivity contribution in [3.8, 4) is 11.4 Å². The number of nitrogens with zero attached hydrogens (tertiary/aromatic N) is 3. The summed E-state index contributed by atoms with van der Waals surface area (Å²) in [4.78, 5) is 16.8. The van der Waals surface area contributed by atoms with Crippen LogP contribution in [0.1, 0.15) is 17.7 Å². The Morgan fingerprint density at radius 3 is 3.09 bits per heavy atom. The van der Waals surface area contributed by atoms with E-state index >= 15 is 0 Å². The lowest BCUT2D eigenvalue weighted by Gasteiger charge is -2.15. The van der Waals surface area contributed by atoms with E-state index in [1.165, 1.54) is 5.56 Å². The molecule has 6 heteroatoms. The van der Waals surface area contributed by atoms with Gasteiger partial charge in [0, 0.05) is 36.0 Å². The summed E-state index contributed by atoms with van der Waals surface area (Å²) in [5, 5.41) is 4.70. The highest BCUT2D eigenvalue weighted by molar-refractivity contribution is 6.31. The van der Waals surface area contributed by atoms with Crippen molar-refractivity contribution in [3.63, 3.8) is 0 Å². The number of allylic oxidation sites excluding steroid dienone is 1. The maximum atomic E-state index is 6.07. The summed E-state index contributed by atoms with van der Waals surface area (Å²) in [5.74, 6) is 1.55. The first kappa shape index (κ1) is 13.3. The van der Waals surface area contributed by atoms with Gasteiger partial charge in [0.25, 0.3) is 0 Å². The van der Waals surface area contributed by atoms with Crippen LogP contribution >= 0.6 is 11.6 Å². The molecule has 0 amide bonds. The Morgan fingerprint density at radius 1 is 1.32 bits per heavy atom. The minimum absolute atomic E-state index is 0.597. The largest absolute Gasteiger partial charge is 0.373 e. The number of H-pyrrole nitrogens is 1. The van der Waals surface area contributed by atoms with Gasteiger partial charge in [0.2, 0.25) is 0 Å². The molecule has 0 saturated carbocycles. The van der Waals surface area contributed by atoms with Crippen LogP contribution in [0.25, 0.3) is 28.5 Å². The van der Waals surface area contributed by atoms with E-state index in [0.717, 1.165) is 41.0 Å². The summed E-state index contributed by atoms with van der Waals surface area (Å²) >= 11 is 6.07. The number of aromatic nitrogens is 4. The normalized spacial score (nSPS) is 13.4. The Labute approximate surface area is 132 Å². The highest BCUT2D eigenvalue weighted by Crippen LogP contribution is 2.31. The highest BCUT2D eigenvalue weighted by atomic mass is 35.5. The summed E-state index contributed by atoms with van der Waals surface area (Å²) in [6.45, 7) is 0. The first-order valence-corrected chi connectivity index (χ1v) is 7.52. The summed E-state index contributed by atoms with van der Waals surface area (Å²) < 4.78 is 0. The van der Waals surface area contributed by atoms with E-state index in [2.05, 4.69) is 32.4 Å². The number of nitrogens with one attached hydrogen (secondary N) is 2. The number of anilines is 1. The number of hydrogen-bond donors (Lipinski definition) is 2. The van der Waals surface area contributed by atoms with Crippen LogP contribution in [0.4, 0.5) is 5.82 Å². The van der Waals surface area contributed by atoms with Gasteiger partial charge >= 0.3 is 0 Å². The molecule has 2 N–H and O–H groups in total. The van der Waals surface area contributed by atoms with Crippen molar-refractivity contribution in [2.24, 2.45) is 0 Å². The van der Waals surface area contributed by atoms with Crippen LogP contribution < -0.4 is 5.32 Å². The molecule has 0 bridgehead atoms. The third kappa shape index (κ3) is 2.05. The maximum Gasteiger partial charge on any atom is 0.164 e. The molecule has 1 aliphatic carbocycles. The van der Waals surface area contributed by atoms with Crippen LogP contribution in [0.5, 0.6) is 0 Å². The van der Waals surface area contributed by atoms with Crippen molar-refractivity contribution in [2.75, 3.05) is 12.4 Å². The van der Waals surface area contributed by atoms with E-state index in [1.807, 2.05) is 19.3 Å². The van der Waals surface area contributed by atoms with Crippen LogP contribution in [0.15, 0.2) is 24.5 Å². The second-order valence-corrected chi connectivity index (χ2v) is 5.64. The Kier molecular flexibility index (Phi) is 3.08. The van der Waals surface area contributed by atoms with Gasteiger partial charge in [-0.1, -0.05) is 17.7 Å². The zero-order valence-electron chi connectivity index (χ0n) is 12.0. The summed E-state index contributed by atoms with van der Waals surface area (Å²) in [6.07, 6.45) is 9.69. The molecule has 3 aromatic rings. The Hall–Kier alpha value is -2.40. The molecule has 4 rings (SSSR count). The third-order valence-electron chi connectivity index (χ3n) is 3.85. The number of fused-ring (bicyclic) bond motifs is 2. The number of hydrogen-bond acceptors (Lipinski definition) is 4. The van der Waals surface area contributed by atoms with Crippen LogP contribution in [0.3, 0.4) is 0 Å². The quantitative estimate of drug-likeness (QED) is 0.757. The van der Waals surface area contributed by atoms with Crippen molar-refractivity contribution >= 4 is 34.5 Å². The molecule has 5 nitrogen and oxygen atoms in total. The SMILES string of the molecule is CNc1nc(-c2c[nH]c3ncc(Cl)cc23)nc2c1CCC=C2. The predicted octanol–water partition coefficient (Wildman–Crippen LogP) is 3.67. The Balaban J connectivity index is 1.95. The summed E-state index contributed by atoms with van der Waals surface area (Å²) in [6, 6.07) is 1.88. The maximum absolute atomic E-state index is 6.07. The molecule has 0 atom stereocenters. The lowest BCUT2D eigenvalue weighted by atomic mass is 10.0. The monoisotopic (exact) mass is 311 g/mol. The van der Waals surface area contributed by atoms with Gasteiger partial charge in [0.15, 0.2) is 5.82 Å². The zero-order valence-corrected chi connectivity index (χ0v) is 12.8. The van der Waals surface area contributed by atoms with Gasteiger partial charge in [-0.15, -0.1) is 0 Å². The smallest absolute Gasteiger partial charge is 0.164 e. The first-order valence-electron chi connectivity index (χ1n) is 7.14. The van der Waals surface area contributed by atoms with Gasteiger partial charge in [-0.2, -0.15) is 0 Å². The molecular weight excluding hydrogens is 298 g/mol. The lowest BCUT2D eigenvalue weighted by Crippen LogP contribution is -2.07. The topological polar surface area (TPSA) is 66.5 Å². The van der Waals surface area contributed by atoms with E-state index < -0.39 is 0 Å². The molecule has 0 radical (unpaired) electrons. The molecule has 0 aromatic carbocycles. The standard InChI is InChI=1S/C16H14ClN5/c1-18-14-10-4-2-3-5-13(10)21-16(22-14)12-8-20-15-11(12)6-9(17)7-19-15/h3,5-8H,2,4H2,1H3,(H,19,20)(H,18,21,22). The van der Waals surface area contributed by atoms with Crippen LogP contribution in [0.2, 0.25) is 5.02 Å². The molecule has 3 aromatic heterocycles. The van der Waals surface area contributed by atoms with Crippen molar-refractivity contribution in [1.29, 1.82) is 0 Å². The van der Waals surface area contributed by atoms with Crippen LogP contribution in [0, 0.1) is 0 Å². The molecule has 0 saturated heterocycles. The number of rotatable bonds is 2. The minimum atomic E-state index is 0.597. The second kappa shape index (κ2) is 5.10. The molecule has 110 valence electrons. The average molecular weight is 312 g/mol. The Morgan fingerprint density at radius 2 is 2.23 bits per heavy atom. The fraction of sp³-hybridized carbons (Fsp3) is 0.188. The second-order valence-electron chi connectivity index (χ2n) is 5.20. The van der Waals surface area contributed by atoms with Crippen LogP contribution in [-0.2, 0) is 6.42 Å². The van der Waals surface area contributed by atoms with E-state index in [1.54, 1.807) is 6.20 Å². The summed E-state index contributed by atoms with van der Waals surface area (Å²) in [5.41, 5.74) is 3.83. The van der Waals surface area contributed by atoms with Crippen molar-refractivity contribution in [2.45, 2.75) is 12.8 Å². The van der Waals surface area contributed by atoms with Gasteiger partial charge in [-0.3, -0.25) is 0 Å². The summed E-state index contributed by atoms with van der Waals surface area (Å²) in [7, 11) is 1.89. The molecular formula is C16H14ClN5. The van der Waals surface area contributed by atoms with Gasteiger partial charge in [0.1, 0.15) is 11.5 Å². The minimum Gasteiger partial charge on any atom is -0.373 e. The van der Waals surface area contributed by atoms with Gasteiger partial charge in [-0.05, 0) is 25.0 Å². The van der Waals surface area contributed by atoms with Crippen molar-refractivity contribution in [3.05, 3.63) is 40.8 Å². The van der Waals surface area contributed by atoms with E-state index in [4.69, 9.17) is 16.6 Å². The molecule has 0 unspecified atom stereocenters.